The van der Waals surface area contributed by atoms with Crippen LogP contribution >= 0.6 is 0 Å². The fourth-order valence-electron chi connectivity index (χ4n) is 1.57. The summed E-state index contributed by atoms with van der Waals surface area (Å²) in [6.07, 6.45) is 0.791. The van der Waals surface area contributed by atoms with Crippen LogP contribution in [0.5, 0.6) is 0 Å². The molecule has 0 aliphatic carbocycles. The molecule has 1 aromatic rings. The lowest BCUT2D eigenvalue weighted by Gasteiger charge is -2.18. The van der Waals surface area contributed by atoms with Gasteiger partial charge in [0.05, 0.1) is 11.4 Å². The molecule has 1 aliphatic heterocycles. The van der Waals surface area contributed by atoms with Crippen LogP contribution in [-0.2, 0) is 11.2 Å². The molecule has 1 aromatic carbocycles. The van der Waals surface area contributed by atoms with Gasteiger partial charge < -0.3 is 5.32 Å². The summed E-state index contributed by atoms with van der Waals surface area (Å²) in [4.78, 5) is 13.7. The maximum Gasteiger partial charge on any atom is 0.224 e. The zero-order valence-corrected chi connectivity index (χ0v) is 7.70. The standard InChI is InChI=1S/C9H7FN4O/c10-6-3-5-1-2-8(15)12-9(5)7(4-6)13-14-11/h3-4H,1-2H2,(H,12,15). The van der Waals surface area contributed by atoms with E-state index in [2.05, 4.69) is 15.3 Å². The van der Waals surface area contributed by atoms with E-state index < -0.39 is 5.82 Å². The molecule has 0 atom stereocenters. The van der Waals surface area contributed by atoms with E-state index in [9.17, 15) is 9.18 Å². The van der Waals surface area contributed by atoms with Crippen LogP contribution in [0.15, 0.2) is 17.2 Å². The van der Waals surface area contributed by atoms with Gasteiger partial charge in [0.2, 0.25) is 5.91 Å². The molecule has 1 aliphatic rings. The van der Waals surface area contributed by atoms with Gasteiger partial charge in [-0.05, 0) is 29.6 Å². The van der Waals surface area contributed by atoms with Crippen LogP contribution < -0.4 is 5.32 Å². The Balaban J connectivity index is 2.59. The molecule has 1 amide bonds. The summed E-state index contributed by atoms with van der Waals surface area (Å²) in [6, 6.07) is 2.44. The molecule has 0 fully saturated rings. The number of nitrogens with zero attached hydrogens (tertiary/aromatic N) is 3. The molecule has 76 valence electrons. The average Bonchev–Trinajstić information content (AvgIpc) is 2.19. The maximum atomic E-state index is 13.1. The van der Waals surface area contributed by atoms with E-state index in [1.54, 1.807) is 0 Å². The summed E-state index contributed by atoms with van der Waals surface area (Å²) in [5, 5.41) is 5.91. The number of hydrogen-bond acceptors (Lipinski definition) is 2. The Kier molecular flexibility index (Phi) is 2.27. The van der Waals surface area contributed by atoms with Gasteiger partial charge in [0, 0.05) is 11.3 Å². The SMILES string of the molecule is [N-]=[N+]=Nc1cc(F)cc2c1NC(=O)CC2. The molecule has 5 nitrogen and oxygen atoms in total. The first-order valence-corrected chi connectivity index (χ1v) is 4.38. The first-order chi connectivity index (χ1) is 7.20. The molecule has 0 aromatic heterocycles. The van der Waals surface area contributed by atoms with E-state index in [4.69, 9.17) is 5.53 Å². The second-order valence-electron chi connectivity index (χ2n) is 3.20. The number of carbonyl (C=O) groups excluding carboxylic acids is 1. The lowest BCUT2D eigenvalue weighted by molar-refractivity contribution is -0.116. The first kappa shape index (κ1) is 9.48. The molecule has 0 saturated heterocycles. The zero-order chi connectivity index (χ0) is 10.8. The van der Waals surface area contributed by atoms with Gasteiger partial charge >= 0.3 is 0 Å². The Morgan fingerprint density at radius 2 is 2.27 bits per heavy atom. The maximum absolute atomic E-state index is 13.1. The third-order valence-electron chi connectivity index (χ3n) is 2.20. The molecule has 0 radical (unpaired) electrons. The highest BCUT2D eigenvalue weighted by molar-refractivity contribution is 5.97. The van der Waals surface area contributed by atoms with Crippen molar-refractivity contribution in [2.75, 3.05) is 5.32 Å². The summed E-state index contributed by atoms with van der Waals surface area (Å²) in [7, 11) is 0. The second kappa shape index (κ2) is 3.59. The number of anilines is 1. The van der Waals surface area contributed by atoms with Gasteiger partial charge in [-0.1, -0.05) is 5.11 Å². The number of aryl methyl sites for hydroxylation is 1. The fourth-order valence-corrected chi connectivity index (χ4v) is 1.57. The lowest BCUT2D eigenvalue weighted by Crippen LogP contribution is -2.19. The van der Waals surface area contributed by atoms with E-state index in [1.807, 2.05) is 0 Å². The minimum atomic E-state index is -0.465. The molecule has 0 bridgehead atoms. The molecule has 1 heterocycles. The Morgan fingerprint density at radius 1 is 1.47 bits per heavy atom. The topological polar surface area (TPSA) is 77.9 Å². The average molecular weight is 206 g/mol. The number of benzene rings is 1. The smallest absolute Gasteiger partial charge is 0.224 e. The van der Waals surface area contributed by atoms with E-state index in [-0.39, 0.29) is 11.6 Å². The van der Waals surface area contributed by atoms with Gasteiger partial charge in [-0.2, -0.15) is 0 Å². The fraction of sp³-hybridized carbons (Fsp3) is 0.222. The van der Waals surface area contributed by atoms with Crippen LogP contribution in [0.25, 0.3) is 10.4 Å². The third kappa shape index (κ3) is 1.75. The van der Waals surface area contributed by atoms with Gasteiger partial charge in [-0.15, -0.1) is 0 Å². The second-order valence-corrected chi connectivity index (χ2v) is 3.20. The van der Waals surface area contributed by atoms with Crippen LogP contribution in [0.1, 0.15) is 12.0 Å². The molecular formula is C9H7FN4O. The van der Waals surface area contributed by atoms with Gasteiger partial charge in [0.1, 0.15) is 5.82 Å². The number of azide groups is 1. The Hall–Kier alpha value is -2.07. The Labute approximate surface area is 84.5 Å². The van der Waals surface area contributed by atoms with Crippen molar-refractivity contribution in [3.05, 3.63) is 34.0 Å². The third-order valence-corrected chi connectivity index (χ3v) is 2.20. The minimum absolute atomic E-state index is 0.126. The van der Waals surface area contributed by atoms with Crippen molar-refractivity contribution in [2.24, 2.45) is 5.11 Å². The zero-order valence-electron chi connectivity index (χ0n) is 7.70. The Bertz CT molecular complexity index is 479. The van der Waals surface area contributed by atoms with Crippen molar-refractivity contribution in [2.45, 2.75) is 12.8 Å². The monoisotopic (exact) mass is 206 g/mol. The van der Waals surface area contributed by atoms with Crippen LogP contribution in [0.4, 0.5) is 15.8 Å². The van der Waals surface area contributed by atoms with Crippen molar-refractivity contribution < 1.29 is 9.18 Å². The summed E-state index contributed by atoms with van der Waals surface area (Å²) in [6.45, 7) is 0. The highest BCUT2D eigenvalue weighted by Crippen LogP contribution is 2.33. The largest absolute Gasteiger partial charge is 0.325 e. The van der Waals surface area contributed by atoms with Crippen molar-refractivity contribution in [1.29, 1.82) is 0 Å². The van der Waals surface area contributed by atoms with Crippen LogP contribution in [0, 0.1) is 5.82 Å². The summed E-state index contributed by atoms with van der Waals surface area (Å²) in [5.74, 6) is -0.615. The molecular weight excluding hydrogens is 199 g/mol. The quantitative estimate of drug-likeness (QED) is 0.428. The molecule has 1 N–H and O–H groups in total. The summed E-state index contributed by atoms with van der Waals surface area (Å²) in [5.41, 5.74) is 9.51. The van der Waals surface area contributed by atoms with Gasteiger partial charge in [0.15, 0.2) is 0 Å². The van der Waals surface area contributed by atoms with Gasteiger partial charge in [-0.3, -0.25) is 4.79 Å². The van der Waals surface area contributed by atoms with Crippen LogP contribution in [0.2, 0.25) is 0 Å². The number of hydrogen-bond donors (Lipinski definition) is 1. The van der Waals surface area contributed by atoms with E-state index in [1.165, 1.54) is 6.07 Å². The molecule has 0 saturated carbocycles. The normalized spacial score (nSPS) is 13.8. The van der Waals surface area contributed by atoms with Crippen molar-refractivity contribution >= 4 is 17.3 Å². The van der Waals surface area contributed by atoms with Gasteiger partial charge in [0.25, 0.3) is 0 Å². The van der Waals surface area contributed by atoms with Crippen molar-refractivity contribution in [1.82, 2.24) is 0 Å². The summed E-state index contributed by atoms with van der Waals surface area (Å²) >= 11 is 0. The lowest BCUT2D eigenvalue weighted by atomic mass is 10.0. The van der Waals surface area contributed by atoms with Gasteiger partial charge in [-0.25, -0.2) is 4.39 Å². The minimum Gasteiger partial charge on any atom is -0.325 e. The van der Waals surface area contributed by atoms with E-state index in [0.29, 0.717) is 24.1 Å². The number of carbonyl (C=O) groups is 1. The van der Waals surface area contributed by atoms with Crippen LogP contribution in [0.3, 0.4) is 0 Å². The first-order valence-electron chi connectivity index (χ1n) is 4.38. The highest BCUT2D eigenvalue weighted by Gasteiger charge is 2.18. The Morgan fingerprint density at radius 3 is 3.00 bits per heavy atom. The number of rotatable bonds is 1. The number of nitrogens with one attached hydrogen (secondary N) is 1. The summed E-state index contributed by atoms with van der Waals surface area (Å²) < 4.78 is 13.1. The highest BCUT2D eigenvalue weighted by atomic mass is 19.1. The number of amides is 1. The molecule has 0 unspecified atom stereocenters. The number of fused-ring (bicyclic) bond motifs is 1. The molecule has 15 heavy (non-hydrogen) atoms. The molecule has 2 rings (SSSR count). The molecule has 0 spiro atoms. The van der Waals surface area contributed by atoms with E-state index in [0.717, 1.165) is 6.07 Å². The number of halogens is 1. The van der Waals surface area contributed by atoms with Crippen molar-refractivity contribution in [3.63, 3.8) is 0 Å². The van der Waals surface area contributed by atoms with Crippen molar-refractivity contribution in [3.8, 4) is 0 Å². The van der Waals surface area contributed by atoms with E-state index >= 15 is 0 Å². The molecule has 6 heteroatoms. The predicted molar refractivity (Wildman–Crippen MR) is 52.2 cm³/mol. The van der Waals surface area contributed by atoms with Crippen LogP contribution in [-0.4, -0.2) is 5.91 Å². The predicted octanol–water partition coefficient (Wildman–Crippen LogP) is 2.65.